The number of thiazole rings is 1. The first kappa shape index (κ1) is 12.7. The second kappa shape index (κ2) is 5.00. The zero-order chi connectivity index (χ0) is 14.1. The number of H-pyrrole nitrogens is 1. The van der Waals surface area contributed by atoms with Crippen LogP contribution >= 0.6 is 22.9 Å². The van der Waals surface area contributed by atoms with Crippen LogP contribution in [0.4, 0.5) is 4.39 Å². The standard InChI is InChI=1S/C12H5ClFN5S/c13-8-3-6(14)1-2-7(8)12-16-10(5-20-12)11-9(4-15)17-19-18-11/h1-3,5H,(H,17,18,19). The van der Waals surface area contributed by atoms with Crippen LogP contribution in [-0.2, 0) is 0 Å². The van der Waals surface area contributed by atoms with Gasteiger partial charge >= 0.3 is 0 Å². The third-order valence-electron chi connectivity index (χ3n) is 2.56. The maximum Gasteiger partial charge on any atom is 0.192 e. The molecule has 0 unspecified atom stereocenters. The van der Waals surface area contributed by atoms with E-state index in [0.29, 0.717) is 22.0 Å². The molecule has 2 aromatic heterocycles. The van der Waals surface area contributed by atoms with Gasteiger partial charge in [-0.05, 0) is 18.2 Å². The lowest BCUT2D eigenvalue weighted by atomic mass is 10.2. The monoisotopic (exact) mass is 305 g/mol. The van der Waals surface area contributed by atoms with Crippen LogP contribution in [0.2, 0.25) is 5.02 Å². The van der Waals surface area contributed by atoms with E-state index in [-0.39, 0.29) is 10.7 Å². The van der Waals surface area contributed by atoms with Crippen LogP contribution in [0.15, 0.2) is 23.6 Å². The highest BCUT2D eigenvalue weighted by Crippen LogP contribution is 2.33. The number of hydrogen-bond donors (Lipinski definition) is 1. The molecule has 1 aromatic carbocycles. The predicted molar refractivity (Wildman–Crippen MR) is 72.6 cm³/mol. The zero-order valence-corrected chi connectivity index (χ0v) is 11.3. The molecule has 3 rings (SSSR count). The number of benzene rings is 1. The summed E-state index contributed by atoms with van der Waals surface area (Å²) in [5, 5.41) is 21.5. The summed E-state index contributed by atoms with van der Waals surface area (Å²) in [6.45, 7) is 0. The van der Waals surface area contributed by atoms with Crippen LogP contribution in [0.1, 0.15) is 5.69 Å². The number of nitrogens with zero attached hydrogens (tertiary/aromatic N) is 4. The van der Waals surface area contributed by atoms with E-state index in [1.165, 1.54) is 23.5 Å². The summed E-state index contributed by atoms with van der Waals surface area (Å²) < 4.78 is 13.0. The van der Waals surface area contributed by atoms with Crippen molar-refractivity contribution in [3.05, 3.63) is 40.1 Å². The number of aromatic nitrogens is 4. The molecule has 20 heavy (non-hydrogen) atoms. The van der Waals surface area contributed by atoms with Gasteiger partial charge in [0.2, 0.25) is 0 Å². The van der Waals surface area contributed by atoms with Gasteiger partial charge in [-0.15, -0.1) is 16.4 Å². The van der Waals surface area contributed by atoms with Gasteiger partial charge < -0.3 is 0 Å². The summed E-state index contributed by atoms with van der Waals surface area (Å²) in [7, 11) is 0. The van der Waals surface area contributed by atoms with Gasteiger partial charge in [0.25, 0.3) is 0 Å². The van der Waals surface area contributed by atoms with E-state index < -0.39 is 5.82 Å². The fourth-order valence-corrected chi connectivity index (χ4v) is 2.81. The summed E-state index contributed by atoms with van der Waals surface area (Å²) in [4.78, 5) is 4.36. The van der Waals surface area contributed by atoms with Crippen molar-refractivity contribution < 1.29 is 4.39 Å². The van der Waals surface area contributed by atoms with E-state index >= 15 is 0 Å². The van der Waals surface area contributed by atoms with Gasteiger partial charge in [-0.25, -0.2) is 9.37 Å². The van der Waals surface area contributed by atoms with Gasteiger partial charge in [-0.1, -0.05) is 11.6 Å². The molecule has 8 heteroatoms. The molecule has 0 aliphatic carbocycles. The molecule has 0 bridgehead atoms. The van der Waals surface area contributed by atoms with Gasteiger partial charge in [0, 0.05) is 10.9 Å². The smallest absolute Gasteiger partial charge is 0.192 e. The topological polar surface area (TPSA) is 78.2 Å². The lowest BCUT2D eigenvalue weighted by Gasteiger charge is -1.99. The zero-order valence-electron chi connectivity index (χ0n) is 9.76. The van der Waals surface area contributed by atoms with Crippen molar-refractivity contribution in [3.8, 4) is 28.0 Å². The highest BCUT2D eigenvalue weighted by Gasteiger charge is 2.15. The Balaban J connectivity index is 2.05. The maximum absolute atomic E-state index is 13.0. The van der Waals surface area contributed by atoms with Crippen molar-refractivity contribution in [2.75, 3.05) is 0 Å². The molecule has 5 nitrogen and oxygen atoms in total. The summed E-state index contributed by atoms with van der Waals surface area (Å²) in [6.07, 6.45) is 0. The summed E-state index contributed by atoms with van der Waals surface area (Å²) in [5.74, 6) is -0.404. The molecule has 0 aliphatic rings. The molecule has 0 aliphatic heterocycles. The molecule has 0 radical (unpaired) electrons. The number of rotatable bonds is 2. The average Bonchev–Trinajstić information content (AvgIpc) is 3.06. The number of hydrogen-bond acceptors (Lipinski definition) is 5. The van der Waals surface area contributed by atoms with Crippen LogP contribution in [-0.4, -0.2) is 20.4 Å². The molecule has 98 valence electrons. The Morgan fingerprint density at radius 3 is 2.95 bits per heavy atom. The number of nitriles is 1. The first-order valence-electron chi connectivity index (χ1n) is 5.41. The lowest BCUT2D eigenvalue weighted by Crippen LogP contribution is -1.84. The lowest BCUT2D eigenvalue weighted by molar-refractivity contribution is 0.628. The Kier molecular flexibility index (Phi) is 3.18. The minimum atomic E-state index is -0.404. The second-order valence-electron chi connectivity index (χ2n) is 3.79. The third-order valence-corrected chi connectivity index (χ3v) is 3.75. The van der Waals surface area contributed by atoms with Crippen molar-refractivity contribution in [2.24, 2.45) is 0 Å². The van der Waals surface area contributed by atoms with Gasteiger partial charge in [-0.2, -0.15) is 15.6 Å². The van der Waals surface area contributed by atoms with Crippen molar-refractivity contribution in [2.45, 2.75) is 0 Å². The van der Waals surface area contributed by atoms with E-state index in [0.717, 1.165) is 0 Å². The maximum atomic E-state index is 13.0. The van der Waals surface area contributed by atoms with Crippen LogP contribution in [0.3, 0.4) is 0 Å². The van der Waals surface area contributed by atoms with Gasteiger partial charge in [0.15, 0.2) is 5.69 Å². The Bertz CT molecular complexity index is 819. The van der Waals surface area contributed by atoms with Crippen molar-refractivity contribution >= 4 is 22.9 Å². The van der Waals surface area contributed by atoms with E-state index in [4.69, 9.17) is 16.9 Å². The molecule has 0 fully saturated rings. The van der Waals surface area contributed by atoms with Crippen molar-refractivity contribution in [1.82, 2.24) is 20.4 Å². The summed E-state index contributed by atoms with van der Waals surface area (Å²) in [5.41, 5.74) is 1.71. The van der Waals surface area contributed by atoms with E-state index in [1.54, 1.807) is 11.4 Å². The Morgan fingerprint density at radius 1 is 1.35 bits per heavy atom. The van der Waals surface area contributed by atoms with Crippen LogP contribution in [0, 0.1) is 17.1 Å². The second-order valence-corrected chi connectivity index (χ2v) is 5.06. The SMILES string of the molecule is N#Cc1n[nH]nc1-c1csc(-c2ccc(F)cc2Cl)n1. The van der Waals surface area contributed by atoms with Gasteiger partial charge in [-0.3, -0.25) is 0 Å². The molecule has 3 aromatic rings. The minimum absolute atomic E-state index is 0.173. The number of aromatic amines is 1. The van der Waals surface area contributed by atoms with Crippen molar-refractivity contribution in [1.29, 1.82) is 5.26 Å². The first-order chi connectivity index (χ1) is 9.69. The normalized spacial score (nSPS) is 10.4. The minimum Gasteiger partial charge on any atom is -0.234 e. The summed E-state index contributed by atoms with van der Waals surface area (Å²) >= 11 is 7.33. The largest absolute Gasteiger partial charge is 0.234 e. The molecular formula is C12H5ClFN5S. The predicted octanol–water partition coefficient (Wildman–Crippen LogP) is 3.26. The molecular weight excluding hydrogens is 301 g/mol. The van der Waals surface area contributed by atoms with Crippen LogP contribution in [0.5, 0.6) is 0 Å². The van der Waals surface area contributed by atoms with Gasteiger partial charge in [0.1, 0.15) is 28.3 Å². The van der Waals surface area contributed by atoms with Crippen LogP contribution in [0.25, 0.3) is 22.0 Å². The van der Waals surface area contributed by atoms with E-state index in [1.807, 2.05) is 6.07 Å². The van der Waals surface area contributed by atoms with Crippen molar-refractivity contribution in [3.63, 3.8) is 0 Å². The number of nitrogens with one attached hydrogen (secondary N) is 1. The van der Waals surface area contributed by atoms with Gasteiger partial charge in [0.05, 0.1) is 5.02 Å². The first-order valence-corrected chi connectivity index (χ1v) is 6.67. The molecule has 0 saturated heterocycles. The van der Waals surface area contributed by atoms with E-state index in [9.17, 15) is 4.39 Å². The van der Waals surface area contributed by atoms with E-state index in [2.05, 4.69) is 20.4 Å². The quantitative estimate of drug-likeness (QED) is 0.788. The highest BCUT2D eigenvalue weighted by molar-refractivity contribution is 7.13. The summed E-state index contributed by atoms with van der Waals surface area (Å²) in [6, 6.07) is 6.04. The fourth-order valence-electron chi connectivity index (χ4n) is 1.66. The molecule has 0 atom stereocenters. The Labute approximate surface area is 121 Å². The fraction of sp³-hybridized carbons (Fsp3) is 0. The number of halogens is 2. The van der Waals surface area contributed by atoms with Crippen LogP contribution < -0.4 is 0 Å². The Hall–Kier alpha value is -2.30. The molecule has 0 spiro atoms. The highest BCUT2D eigenvalue weighted by atomic mass is 35.5. The molecule has 0 amide bonds. The molecule has 2 heterocycles. The Morgan fingerprint density at radius 2 is 2.20 bits per heavy atom. The molecule has 1 N–H and O–H groups in total. The molecule has 0 saturated carbocycles. The average molecular weight is 306 g/mol. The third kappa shape index (κ3) is 2.15.